The van der Waals surface area contributed by atoms with Gasteiger partial charge in [-0.1, -0.05) is 0 Å². The lowest BCUT2D eigenvalue weighted by molar-refractivity contribution is -0.131. The zero-order valence-corrected chi connectivity index (χ0v) is 14.0. The summed E-state index contributed by atoms with van der Waals surface area (Å²) in [4.78, 5) is 26.1. The summed E-state index contributed by atoms with van der Waals surface area (Å²) in [6.07, 6.45) is 1.13. The Kier molecular flexibility index (Phi) is 5.83. The number of hydrogen-bond acceptors (Lipinski definition) is 4. The van der Waals surface area contributed by atoms with E-state index in [1.165, 1.54) is 24.3 Å². The van der Waals surface area contributed by atoms with Gasteiger partial charge in [-0.15, -0.1) is 0 Å². The van der Waals surface area contributed by atoms with Crippen molar-refractivity contribution in [2.45, 2.75) is 24.9 Å². The normalized spacial score (nSPS) is 23.3. The van der Waals surface area contributed by atoms with Crippen LogP contribution in [0.15, 0.2) is 24.3 Å². The van der Waals surface area contributed by atoms with Crippen molar-refractivity contribution in [1.82, 2.24) is 15.5 Å². The third-order valence-electron chi connectivity index (χ3n) is 4.40. The second-order valence-corrected chi connectivity index (χ2v) is 6.36. The molecule has 1 aromatic rings. The Balaban J connectivity index is 1.41. The minimum Gasteiger partial charge on any atom is -0.378 e. The largest absolute Gasteiger partial charge is 0.378 e. The topological polar surface area (TPSA) is 82.7 Å². The number of anilines is 1. The third-order valence-corrected chi connectivity index (χ3v) is 4.40. The molecule has 7 nitrogen and oxygen atoms in total. The summed E-state index contributed by atoms with van der Waals surface area (Å²) in [7, 11) is 0. The first-order valence-electron chi connectivity index (χ1n) is 8.52. The van der Waals surface area contributed by atoms with Gasteiger partial charge in [0.15, 0.2) is 0 Å². The van der Waals surface area contributed by atoms with Gasteiger partial charge in [0.25, 0.3) is 0 Å². The van der Waals surface area contributed by atoms with Crippen LogP contribution in [0.2, 0.25) is 0 Å². The molecule has 2 fully saturated rings. The van der Waals surface area contributed by atoms with Crippen LogP contribution in [-0.2, 0) is 9.53 Å². The van der Waals surface area contributed by atoms with Crippen molar-refractivity contribution in [3.63, 3.8) is 0 Å². The molecule has 2 unspecified atom stereocenters. The van der Waals surface area contributed by atoms with E-state index in [-0.39, 0.29) is 29.8 Å². The molecule has 0 spiro atoms. The fourth-order valence-corrected chi connectivity index (χ4v) is 3.08. The quantitative estimate of drug-likeness (QED) is 0.754. The van der Waals surface area contributed by atoms with Crippen molar-refractivity contribution in [3.05, 3.63) is 30.1 Å². The van der Waals surface area contributed by atoms with Crippen LogP contribution in [0.1, 0.15) is 12.8 Å². The lowest BCUT2D eigenvalue weighted by Crippen LogP contribution is -2.45. The first-order chi connectivity index (χ1) is 12.1. The molecule has 0 aromatic heterocycles. The second kappa shape index (κ2) is 8.26. The van der Waals surface area contributed by atoms with Crippen LogP contribution < -0.4 is 16.0 Å². The Labute approximate surface area is 145 Å². The van der Waals surface area contributed by atoms with Gasteiger partial charge < -0.3 is 25.6 Å². The average molecular weight is 350 g/mol. The van der Waals surface area contributed by atoms with E-state index < -0.39 is 0 Å². The molecule has 2 saturated heterocycles. The van der Waals surface area contributed by atoms with Gasteiger partial charge in [-0.05, 0) is 30.7 Å². The molecule has 0 radical (unpaired) electrons. The summed E-state index contributed by atoms with van der Waals surface area (Å²) in [5.41, 5.74) is 0.521. The molecule has 3 amide bonds. The predicted molar refractivity (Wildman–Crippen MR) is 90.8 cm³/mol. The molecule has 2 heterocycles. The van der Waals surface area contributed by atoms with Crippen LogP contribution in [0.25, 0.3) is 0 Å². The first-order valence-corrected chi connectivity index (χ1v) is 8.52. The van der Waals surface area contributed by atoms with Crippen molar-refractivity contribution in [2.24, 2.45) is 0 Å². The molecule has 2 aliphatic rings. The highest BCUT2D eigenvalue weighted by molar-refractivity contribution is 5.89. The molecule has 0 saturated carbocycles. The van der Waals surface area contributed by atoms with Gasteiger partial charge in [0.2, 0.25) is 5.91 Å². The highest BCUT2D eigenvalue weighted by atomic mass is 19.1. The van der Waals surface area contributed by atoms with Crippen molar-refractivity contribution in [1.29, 1.82) is 0 Å². The molecule has 0 aliphatic carbocycles. The van der Waals surface area contributed by atoms with Crippen molar-refractivity contribution >= 4 is 17.6 Å². The number of morpholine rings is 1. The Morgan fingerprint density at radius 3 is 2.84 bits per heavy atom. The number of hydrogen-bond donors (Lipinski definition) is 3. The highest BCUT2D eigenvalue weighted by Gasteiger charge is 2.29. The number of carbonyl (C=O) groups is 2. The molecule has 136 valence electrons. The van der Waals surface area contributed by atoms with Gasteiger partial charge in [0, 0.05) is 43.8 Å². The molecule has 8 heteroatoms. The third kappa shape index (κ3) is 5.14. The first kappa shape index (κ1) is 17.6. The van der Waals surface area contributed by atoms with Crippen LogP contribution in [0.5, 0.6) is 0 Å². The summed E-state index contributed by atoms with van der Waals surface area (Å²) in [6.45, 7) is 3.15. The maximum absolute atomic E-state index is 12.9. The van der Waals surface area contributed by atoms with Crippen LogP contribution in [0.4, 0.5) is 14.9 Å². The van der Waals surface area contributed by atoms with E-state index in [1.54, 1.807) is 4.90 Å². The van der Waals surface area contributed by atoms with Crippen LogP contribution in [0, 0.1) is 5.82 Å². The number of rotatable bonds is 4. The molecule has 25 heavy (non-hydrogen) atoms. The van der Waals surface area contributed by atoms with E-state index in [1.807, 2.05) is 0 Å². The zero-order valence-electron chi connectivity index (χ0n) is 14.0. The zero-order chi connectivity index (χ0) is 17.6. The molecule has 2 atom stereocenters. The van der Waals surface area contributed by atoms with Crippen LogP contribution >= 0.6 is 0 Å². The average Bonchev–Trinajstić information content (AvgIpc) is 3.06. The maximum Gasteiger partial charge on any atom is 0.319 e. The van der Waals surface area contributed by atoms with E-state index >= 15 is 0 Å². The van der Waals surface area contributed by atoms with E-state index in [0.29, 0.717) is 38.4 Å². The number of likely N-dealkylation sites (tertiary alicyclic amines) is 1. The second-order valence-electron chi connectivity index (χ2n) is 6.36. The molecule has 1 aromatic carbocycles. The van der Waals surface area contributed by atoms with Crippen molar-refractivity contribution in [3.8, 4) is 0 Å². The number of ether oxygens (including phenoxy) is 1. The lowest BCUT2D eigenvalue weighted by atomic mass is 10.2. The van der Waals surface area contributed by atoms with Gasteiger partial charge in [-0.3, -0.25) is 4.79 Å². The number of benzene rings is 1. The molecule has 0 bridgehead atoms. The Bertz CT molecular complexity index is 604. The Morgan fingerprint density at radius 2 is 2.12 bits per heavy atom. The summed E-state index contributed by atoms with van der Waals surface area (Å²) in [5, 5.41) is 8.78. The van der Waals surface area contributed by atoms with Gasteiger partial charge in [-0.2, -0.15) is 0 Å². The minimum atomic E-state index is -0.353. The molecule has 3 N–H and O–H groups in total. The summed E-state index contributed by atoms with van der Waals surface area (Å²) in [6, 6.07) is 5.20. The SMILES string of the molecule is O=C(Nc1ccc(F)cc1)NC1CCN(C(=O)CC2COCCN2)C1. The number of carbonyl (C=O) groups excluding carboxylic acids is 2. The predicted octanol–water partition coefficient (Wildman–Crippen LogP) is 0.927. The number of halogens is 1. The van der Waals surface area contributed by atoms with Gasteiger partial charge >= 0.3 is 6.03 Å². The number of nitrogens with zero attached hydrogens (tertiary/aromatic N) is 1. The number of nitrogens with one attached hydrogen (secondary N) is 3. The lowest BCUT2D eigenvalue weighted by Gasteiger charge is -2.25. The van der Waals surface area contributed by atoms with E-state index in [4.69, 9.17) is 4.74 Å². The number of amides is 3. The van der Waals surface area contributed by atoms with E-state index in [9.17, 15) is 14.0 Å². The van der Waals surface area contributed by atoms with E-state index in [2.05, 4.69) is 16.0 Å². The summed E-state index contributed by atoms with van der Waals surface area (Å²) in [5.74, 6) is -0.278. The Morgan fingerprint density at radius 1 is 1.32 bits per heavy atom. The van der Waals surface area contributed by atoms with Crippen molar-refractivity contribution in [2.75, 3.05) is 38.2 Å². The van der Waals surface area contributed by atoms with Crippen LogP contribution in [0.3, 0.4) is 0 Å². The number of urea groups is 1. The fourth-order valence-electron chi connectivity index (χ4n) is 3.08. The molecular formula is C17H23FN4O3. The fraction of sp³-hybridized carbons (Fsp3) is 0.529. The summed E-state index contributed by atoms with van der Waals surface area (Å²) >= 11 is 0. The summed E-state index contributed by atoms with van der Waals surface area (Å²) < 4.78 is 18.2. The Hall–Kier alpha value is -2.19. The monoisotopic (exact) mass is 350 g/mol. The maximum atomic E-state index is 12.9. The minimum absolute atomic E-state index is 0.0648. The molecule has 3 rings (SSSR count). The standard InChI is InChI=1S/C17H23FN4O3/c18-12-1-3-13(4-2-12)20-17(24)21-14-5-7-22(10-14)16(23)9-15-11-25-8-6-19-15/h1-4,14-15,19H,5-11H2,(H2,20,21,24). The molecular weight excluding hydrogens is 327 g/mol. The van der Waals surface area contributed by atoms with Gasteiger partial charge in [0.05, 0.1) is 13.2 Å². The highest BCUT2D eigenvalue weighted by Crippen LogP contribution is 2.13. The van der Waals surface area contributed by atoms with E-state index in [0.717, 1.165) is 13.0 Å². The van der Waals surface area contributed by atoms with Crippen molar-refractivity contribution < 1.29 is 18.7 Å². The smallest absolute Gasteiger partial charge is 0.319 e. The van der Waals surface area contributed by atoms with Gasteiger partial charge in [-0.25, -0.2) is 9.18 Å². The molecule has 2 aliphatic heterocycles. The van der Waals surface area contributed by atoms with Gasteiger partial charge in [0.1, 0.15) is 5.82 Å². The van der Waals surface area contributed by atoms with Crippen LogP contribution in [-0.4, -0.2) is 61.8 Å².